The third kappa shape index (κ3) is 2.95. The zero-order chi connectivity index (χ0) is 13.4. The molecule has 4 heteroatoms. The minimum Gasteiger partial charge on any atom is -0.326 e. The second kappa shape index (κ2) is 6.08. The normalized spacial score (nSPS) is 22.9. The van der Waals surface area contributed by atoms with E-state index in [1.165, 1.54) is 16.5 Å². The Balaban J connectivity index is 0.00000147. The fourth-order valence-corrected chi connectivity index (χ4v) is 3.03. The van der Waals surface area contributed by atoms with Gasteiger partial charge in [0.05, 0.1) is 5.52 Å². The third-order valence-corrected chi connectivity index (χ3v) is 4.11. The highest BCUT2D eigenvalue weighted by atomic mass is 35.5. The smallest absolute Gasteiger partial charge is 0.0731 e. The largest absolute Gasteiger partial charge is 0.326 e. The molecule has 1 aliphatic heterocycles. The number of pyridine rings is 1. The lowest BCUT2D eigenvalue weighted by Gasteiger charge is -2.16. The Bertz CT molecular complexity index is 589. The van der Waals surface area contributed by atoms with Gasteiger partial charge in [-0.2, -0.15) is 0 Å². The van der Waals surface area contributed by atoms with E-state index < -0.39 is 0 Å². The molecule has 0 bridgehead atoms. The lowest BCUT2D eigenvalue weighted by Crippen LogP contribution is -2.28. The summed E-state index contributed by atoms with van der Waals surface area (Å²) in [5, 5.41) is 1.23. The number of aromatic nitrogens is 1. The summed E-state index contributed by atoms with van der Waals surface area (Å²) < 4.78 is 0. The van der Waals surface area contributed by atoms with E-state index in [-0.39, 0.29) is 12.4 Å². The summed E-state index contributed by atoms with van der Waals surface area (Å²) in [6, 6.07) is 8.97. The zero-order valence-electron chi connectivity index (χ0n) is 12.0. The predicted octanol–water partition coefficient (Wildman–Crippen LogP) is 2.74. The van der Waals surface area contributed by atoms with Crippen LogP contribution in [0, 0.1) is 12.8 Å². The number of aryl methyl sites for hydroxylation is 1. The first-order valence-corrected chi connectivity index (χ1v) is 6.95. The van der Waals surface area contributed by atoms with Crippen LogP contribution in [0.2, 0.25) is 0 Å². The van der Waals surface area contributed by atoms with Crippen LogP contribution in [-0.2, 0) is 6.54 Å². The van der Waals surface area contributed by atoms with Crippen LogP contribution in [0.5, 0.6) is 0 Å². The topological polar surface area (TPSA) is 42.1 Å². The van der Waals surface area contributed by atoms with Gasteiger partial charge in [0.25, 0.3) is 0 Å². The first kappa shape index (κ1) is 15.2. The van der Waals surface area contributed by atoms with Gasteiger partial charge in [0.1, 0.15) is 0 Å². The van der Waals surface area contributed by atoms with Crippen LogP contribution in [0.4, 0.5) is 0 Å². The molecule has 0 saturated carbocycles. The van der Waals surface area contributed by atoms with E-state index in [1.54, 1.807) is 0 Å². The van der Waals surface area contributed by atoms with E-state index in [9.17, 15) is 0 Å². The van der Waals surface area contributed by atoms with Gasteiger partial charge in [-0.15, -0.1) is 12.4 Å². The van der Waals surface area contributed by atoms with E-state index in [2.05, 4.69) is 41.9 Å². The molecule has 20 heavy (non-hydrogen) atoms. The minimum atomic E-state index is 0. The highest BCUT2D eigenvalue weighted by molar-refractivity contribution is 5.85. The van der Waals surface area contributed by atoms with Crippen molar-refractivity contribution in [3.63, 3.8) is 0 Å². The van der Waals surface area contributed by atoms with Gasteiger partial charge < -0.3 is 5.73 Å². The molecule has 1 aromatic heterocycles. The Kier molecular flexibility index (Phi) is 4.63. The molecule has 2 unspecified atom stereocenters. The van der Waals surface area contributed by atoms with Gasteiger partial charge in [-0.1, -0.05) is 19.1 Å². The van der Waals surface area contributed by atoms with Gasteiger partial charge in [-0.3, -0.25) is 9.88 Å². The molecule has 2 N–H and O–H groups in total. The molecule has 1 aliphatic rings. The van der Waals surface area contributed by atoms with Crippen molar-refractivity contribution in [2.45, 2.75) is 26.4 Å². The number of benzene rings is 1. The van der Waals surface area contributed by atoms with E-state index >= 15 is 0 Å². The molecule has 0 amide bonds. The Labute approximate surface area is 126 Å². The van der Waals surface area contributed by atoms with Crippen LogP contribution in [0.1, 0.15) is 18.1 Å². The van der Waals surface area contributed by atoms with Crippen molar-refractivity contribution in [1.29, 1.82) is 0 Å². The number of hydrogen-bond acceptors (Lipinski definition) is 3. The number of nitrogens with two attached hydrogens (primary N) is 1. The highest BCUT2D eigenvalue weighted by Crippen LogP contribution is 2.22. The first-order chi connectivity index (χ1) is 9.13. The van der Waals surface area contributed by atoms with Gasteiger partial charge in [0, 0.05) is 37.3 Å². The summed E-state index contributed by atoms with van der Waals surface area (Å²) in [5.74, 6) is 0.600. The third-order valence-electron chi connectivity index (χ3n) is 4.11. The number of likely N-dealkylation sites (tertiary alicyclic amines) is 1. The van der Waals surface area contributed by atoms with Crippen molar-refractivity contribution in [3.8, 4) is 0 Å². The number of halogens is 1. The molecule has 2 atom stereocenters. The summed E-state index contributed by atoms with van der Waals surface area (Å²) in [6.45, 7) is 7.47. The summed E-state index contributed by atoms with van der Waals surface area (Å²) in [5.41, 5.74) is 9.81. The Morgan fingerprint density at radius 1 is 1.35 bits per heavy atom. The van der Waals surface area contributed by atoms with Gasteiger partial charge >= 0.3 is 0 Å². The fraction of sp³-hybridized carbons (Fsp3) is 0.438. The molecular weight excluding hydrogens is 270 g/mol. The van der Waals surface area contributed by atoms with Crippen LogP contribution in [0.3, 0.4) is 0 Å². The molecule has 0 spiro atoms. The average molecular weight is 292 g/mol. The molecule has 1 aromatic carbocycles. The van der Waals surface area contributed by atoms with Crippen molar-refractivity contribution >= 4 is 23.3 Å². The highest BCUT2D eigenvalue weighted by Gasteiger charge is 2.26. The fourth-order valence-electron chi connectivity index (χ4n) is 3.03. The van der Waals surface area contributed by atoms with Crippen molar-refractivity contribution in [2.24, 2.45) is 11.7 Å². The number of fused-ring (bicyclic) bond motifs is 1. The van der Waals surface area contributed by atoms with Gasteiger partial charge in [0.2, 0.25) is 0 Å². The quantitative estimate of drug-likeness (QED) is 0.925. The van der Waals surface area contributed by atoms with Crippen molar-refractivity contribution in [1.82, 2.24) is 9.88 Å². The van der Waals surface area contributed by atoms with Crippen molar-refractivity contribution in [2.75, 3.05) is 13.1 Å². The second-order valence-electron chi connectivity index (χ2n) is 5.82. The van der Waals surface area contributed by atoms with Crippen LogP contribution in [0.15, 0.2) is 30.5 Å². The standard InChI is InChI=1S/C16H21N3.ClH/c1-11-6-13(7-14-4-3-5-18-16(11)14)9-19-8-12(2)15(17)10-19;/h3-7,12,15H,8-10,17H2,1-2H3;1H. The average Bonchev–Trinajstić information content (AvgIpc) is 2.68. The van der Waals surface area contributed by atoms with Crippen LogP contribution in [-0.4, -0.2) is 29.0 Å². The maximum absolute atomic E-state index is 6.09. The second-order valence-corrected chi connectivity index (χ2v) is 5.82. The van der Waals surface area contributed by atoms with Gasteiger partial charge in [0.15, 0.2) is 0 Å². The van der Waals surface area contributed by atoms with E-state index in [0.29, 0.717) is 12.0 Å². The number of hydrogen-bond donors (Lipinski definition) is 1. The van der Waals surface area contributed by atoms with E-state index in [1.807, 2.05) is 12.3 Å². The molecule has 0 aliphatic carbocycles. The van der Waals surface area contributed by atoms with Gasteiger partial charge in [-0.25, -0.2) is 0 Å². The predicted molar refractivity (Wildman–Crippen MR) is 86.1 cm³/mol. The summed E-state index contributed by atoms with van der Waals surface area (Å²) in [4.78, 5) is 6.89. The molecule has 1 saturated heterocycles. The summed E-state index contributed by atoms with van der Waals surface area (Å²) in [6.07, 6.45) is 1.86. The monoisotopic (exact) mass is 291 g/mol. The molecule has 108 valence electrons. The van der Waals surface area contributed by atoms with E-state index in [0.717, 1.165) is 25.2 Å². The number of rotatable bonds is 2. The molecular formula is C16H22ClN3. The minimum absolute atomic E-state index is 0. The van der Waals surface area contributed by atoms with Crippen LogP contribution >= 0.6 is 12.4 Å². The van der Waals surface area contributed by atoms with Crippen molar-refractivity contribution < 1.29 is 0 Å². The van der Waals surface area contributed by atoms with Crippen LogP contribution < -0.4 is 5.73 Å². The Morgan fingerprint density at radius 2 is 2.15 bits per heavy atom. The van der Waals surface area contributed by atoms with E-state index in [4.69, 9.17) is 5.73 Å². The summed E-state index contributed by atoms with van der Waals surface area (Å²) in [7, 11) is 0. The molecule has 2 aromatic rings. The summed E-state index contributed by atoms with van der Waals surface area (Å²) >= 11 is 0. The molecule has 1 fully saturated rings. The van der Waals surface area contributed by atoms with Gasteiger partial charge in [-0.05, 0) is 36.1 Å². The zero-order valence-corrected chi connectivity index (χ0v) is 12.9. The van der Waals surface area contributed by atoms with Crippen LogP contribution in [0.25, 0.3) is 10.9 Å². The SMILES string of the molecule is Cc1cc(CN2CC(C)C(N)C2)cc2cccnc12.Cl. The maximum Gasteiger partial charge on any atom is 0.0731 e. The molecule has 0 radical (unpaired) electrons. The molecule has 2 heterocycles. The van der Waals surface area contributed by atoms with Crippen molar-refractivity contribution in [3.05, 3.63) is 41.6 Å². The maximum atomic E-state index is 6.09. The molecule has 3 nitrogen and oxygen atoms in total. The lowest BCUT2D eigenvalue weighted by molar-refractivity contribution is 0.319. The lowest BCUT2D eigenvalue weighted by atomic mass is 10.1. The number of nitrogens with zero attached hydrogens (tertiary/aromatic N) is 2. The Hall–Kier alpha value is -1.16. The Morgan fingerprint density at radius 3 is 2.85 bits per heavy atom. The molecule has 3 rings (SSSR count). The first-order valence-electron chi connectivity index (χ1n) is 6.95.